The molecule has 9 aromatic rings. The average Bonchev–Trinajstić information content (AvgIpc) is 3.60. The van der Waals surface area contributed by atoms with Crippen molar-refractivity contribution in [1.82, 2.24) is 9.97 Å². The van der Waals surface area contributed by atoms with Crippen LogP contribution in [0.5, 0.6) is 11.5 Å². The van der Waals surface area contributed by atoms with Crippen molar-refractivity contribution >= 4 is 94.7 Å². The molecule has 0 N–H and O–H groups in total. The van der Waals surface area contributed by atoms with Crippen LogP contribution in [0.15, 0.2) is 182 Å². The highest BCUT2D eigenvalue weighted by Gasteiger charge is 2.11. The van der Waals surface area contributed by atoms with Gasteiger partial charge in [0.15, 0.2) is 0 Å². The van der Waals surface area contributed by atoms with Crippen LogP contribution in [-0.4, -0.2) is 23.2 Å². The van der Waals surface area contributed by atoms with Gasteiger partial charge in [-0.3, -0.25) is 0 Å². The van der Waals surface area contributed by atoms with E-state index in [1.54, 1.807) is 0 Å². The summed E-state index contributed by atoms with van der Waals surface area (Å²) in [5, 5.41) is 2.30. The predicted molar refractivity (Wildman–Crippen MR) is 384 cm³/mol. The van der Waals surface area contributed by atoms with Crippen molar-refractivity contribution < 1.29 is 9.47 Å². The van der Waals surface area contributed by atoms with E-state index in [-0.39, 0.29) is 0 Å². The average molecular weight is 1160 g/mol. The van der Waals surface area contributed by atoms with Crippen molar-refractivity contribution in [3.05, 3.63) is 249 Å². The van der Waals surface area contributed by atoms with Crippen molar-refractivity contribution in [2.24, 2.45) is 0 Å². The van der Waals surface area contributed by atoms with Gasteiger partial charge in [0.05, 0.1) is 35.6 Å². The molecule has 0 amide bonds. The molecule has 0 saturated carbocycles. The summed E-state index contributed by atoms with van der Waals surface area (Å²) >= 11 is 0. The van der Waals surface area contributed by atoms with Gasteiger partial charge in [-0.1, -0.05) is 336 Å². The molecule has 4 heteroatoms. The van der Waals surface area contributed by atoms with Crippen molar-refractivity contribution in [2.45, 2.75) is 142 Å². The molecule has 2 aromatic heterocycles. The highest BCUT2D eigenvalue weighted by molar-refractivity contribution is 5.84. The fourth-order valence-electron chi connectivity index (χ4n) is 11.0. The summed E-state index contributed by atoms with van der Waals surface area (Å²) < 4.78 is 13.5. The highest BCUT2D eigenvalue weighted by Crippen LogP contribution is 2.33. The molecule has 450 valence electrons. The van der Waals surface area contributed by atoms with Crippen molar-refractivity contribution in [3.63, 3.8) is 0 Å². The van der Waals surface area contributed by atoms with Crippen LogP contribution in [-0.2, 0) is 0 Å². The number of pyridine rings is 2. The van der Waals surface area contributed by atoms with Crippen LogP contribution in [0.4, 0.5) is 0 Å². The van der Waals surface area contributed by atoms with Crippen LogP contribution in [0, 0.1) is 0 Å². The van der Waals surface area contributed by atoms with E-state index in [9.17, 15) is 0 Å². The zero-order valence-corrected chi connectivity index (χ0v) is 52.5. The zero-order valence-electron chi connectivity index (χ0n) is 52.5. The number of nitrogens with zero attached hydrogens (tertiary/aromatic N) is 2. The Hall–Kier alpha value is -8.60. The Morgan fingerprint density at radius 1 is 0.261 bits per heavy atom. The van der Waals surface area contributed by atoms with Crippen LogP contribution in [0.25, 0.3) is 94.7 Å². The monoisotopic (exact) mass is 1160 g/mol. The Balaban J connectivity index is 0.864. The maximum Gasteiger partial charge on any atom is 0.127 e. The maximum absolute atomic E-state index is 6.76. The number of ether oxygens (including phenoxy) is 2. The quantitative estimate of drug-likeness (QED) is 0.0290. The molecule has 0 bridgehead atoms. The van der Waals surface area contributed by atoms with E-state index < -0.39 is 0 Å². The second-order valence-electron chi connectivity index (χ2n) is 23.5. The molecule has 0 radical (unpaired) electrons. The summed E-state index contributed by atoms with van der Waals surface area (Å²) in [4.78, 5) is 9.58. The summed E-state index contributed by atoms with van der Waals surface area (Å²) in [6, 6.07) is 64.1. The zero-order chi connectivity index (χ0) is 60.5. The molecular weight excluding hydrogens is 1070 g/mol. The van der Waals surface area contributed by atoms with E-state index in [2.05, 4.69) is 244 Å². The number of fused-ring (bicyclic) bond motifs is 2. The smallest absolute Gasteiger partial charge is 0.127 e. The molecule has 9 rings (SSSR count). The Morgan fingerprint density at radius 3 is 0.830 bits per heavy atom. The lowest BCUT2D eigenvalue weighted by molar-refractivity contribution is 0.295. The van der Waals surface area contributed by atoms with Gasteiger partial charge in [-0.25, -0.2) is 9.97 Å². The largest absolute Gasteiger partial charge is 0.493 e. The van der Waals surface area contributed by atoms with Gasteiger partial charge in [-0.15, -0.1) is 0 Å². The van der Waals surface area contributed by atoms with Gasteiger partial charge in [0.2, 0.25) is 0 Å². The van der Waals surface area contributed by atoms with Crippen LogP contribution in [0.3, 0.4) is 0 Å². The lowest BCUT2D eigenvalue weighted by atomic mass is 10.0. The number of benzene rings is 7. The van der Waals surface area contributed by atoms with E-state index in [0.29, 0.717) is 13.2 Å². The second-order valence-corrected chi connectivity index (χ2v) is 23.5. The van der Waals surface area contributed by atoms with Gasteiger partial charge in [0, 0.05) is 21.9 Å². The molecule has 0 fully saturated rings. The molecule has 0 aliphatic heterocycles. The minimum atomic E-state index is 0.683. The Bertz CT molecular complexity index is 3450. The number of hydrogen-bond donors (Lipinski definition) is 0. The Labute approximate surface area is 527 Å². The minimum absolute atomic E-state index is 0.683. The third-order valence-corrected chi connectivity index (χ3v) is 16.4. The van der Waals surface area contributed by atoms with Gasteiger partial charge >= 0.3 is 0 Å². The molecule has 0 atom stereocenters. The van der Waals surface area contributed by atoms with Crippen molar-refractivity contribution in [1.29, 1.82) is 0 Å². The first-order valence-electron chi connectivity index (χ1n) is 33.2. The fourth-order valence-corrected chi connectivity index (χ4v) is 11.0. The Kier molecular flexibility index (Phi) is 26.5. The van der Waals surface area contributed by atoms with E-state index in [0.717, 1.165) is 113 Å². The SMILES string of the molecule is CCCCCCCCCCCCOc1cc(/C=C/c2ccc(/C=C/c3ccc(/C=C/c4ccc5ccccc5n4)cc3)cc2)c(OCCCCCCCCCCCC)cc1/C=C/c1ccc(/C=C/c2ccc(/C=C/c3ccc4ccccc4n3)cc2)cc1. The molecule has 2 heterocycles. The lowest BCUT2D eigenvalue weighted by Gasteiger charge is -2.16. The Morgan fingerprint density at radius 2 is 0.523 bits per heavy atom. The molecule has 88 heavy (non-hydrogen) atoms. The molecule has 0 unspecified atom stereocenters. The highest BCUT2D eigenvalue weighted by atomic mass is 16.5. The van der Waals surface area contributed by atoms with Gasteiger partial charge in [0.25, 0.3) is 0 Å². The van der Waals surface area contributed by atoms with Crippen LogP contribution in [0.2, 0.25) is 0 Å². The molecule has 7 aromatic carbocycles. The first-order chi connectivity index (χ1) is 43.5. The summed E-state index contributed by atoms with van der Waals surface area (Å²) in [6.45, 7) is 5.95. The molecule has 0 saturated heterocycles. The standard InChI is InChI=1S/C84H92N2O2/c1-3-5-7-9-11-13-15-17-19-25-63-87-83-65-78(56-52-72-45-37-68(38-46-72)32-34-70-41-49-74(50-42-70)54-60-80-62-58-76-28-22-24-30-82(76)86-80)84(88-64-26-20-18-16-14-12-10-8-6-4-2)66-77(83)55-51-71-43-35-67(36-44-71)31-33-69-39-47-73(48-40-69)53-59-79-61-57-75-27-21-23-29-81(75)85-79/h21-24,27-62,65-66H,3-20,25-26,63-64H2,1-2H3/b33-31+,34-32+,55-51+,56-52+,59-53+,60-54+. The van der Waals surface area contributed by atoms with E-state index in [1.165, 1.54) is 116 Å². The maximum atomic E-state index is 6.76. The molecular formula is C84H92N2O2. The number of para-hydroxylation sites is 2. The van der Waals surface area contributed by atoms with Gasteiger partial charge in [-0.2, -0.15) is 0 Å². The number of rotatable bonds is 36. The van der Waals surface area contributed by atoms with Crippen molar-refractivity contribution in [3.8, 4) is 11.5 Å². The molecule has 0 aliphatic rings. The molecule has 4 nitrogen and oxygen atoms in total. The fraction of sp³-hybridized carbons (Fsp3) is 0.286. The van der Waals surface area contributed by atoms with Gasteiger partial charge < -0.3 is 9.47 Å². The van der Waals surface area contributed by atoms with Gasteiger partial charge in [0.1, 0.15) is 11.5 Å². The van der Waals surface area contributed by atoms with Crippen molar-refractivity contribution in [2.75, 3.05) is 13.2 Å². The summed E-state index contributed by atoms with van der Waals surface area (Å²) in [7, 11) is 0. The predicted octanol–water partition coefficient (Wildman–Crippen LogP) is 24.4. The third kappa shape index (κ3) is 22.0. The molecule has 0 aliphatic carbocycles. The summed E-state index contributed by atoms with van der Waals surface area (Å²) in [5.41, 5.74) is 15.1. The van der Waals surface area contributed by atoms with Gasteiger partial charge in [-0.05, 0) is 106 Å². The first kappa shape index (κ1) is 63.9. The molecule has 0 spiro atoms. The topological polar surface area (TPSA) is 44.2 Å². The lowest BCUT2D eigenvalue weighted by Crippen LogP contribution is -2.03. The number of unbranched alkanes of at least 4 members (excludes halogenated alkanes) is 18. The summed E-state index contributed by atoms with van der Waals surface area (Å²) in [5.74, 6) is 1.77. The van der Waals surface area contributed by atoms with Crippen LogP contribution in [0.1, 0.15) is 209 Å². The minimum Gasteiger partial charge on any atom is -0.493 e. The summed E-state index contributed by atoms with van der Waals surface area (Å²) in [6.07, 6.45) is 51.7. The normalized spacial score (nSPS) is 12.0. The van der Waals surface area contributed by atoms with E-state index in [4.69, 9.17) is 19.4 Å². The van der Waals surface area contributed by atoms with Crippen LogP contribution >= 0.6 is 0 Å². The third-order valence-electron chi connectivity index (χ3n) is 16.4. The van der Waals surface area contributed by atoms with E-state index in [1.807, 2.05) is 24.3 Å². The first-order valence-corrected chi connectivity index (χ1v) is 33.2. The van der Waals surface area contributed by atoms with E-state index >= 15 is 0 Å². The second kappa shape index (κ2) is 36.5. The number of hydrogen-bond acceptors (Lipinski definition) is 4. The van der Waals surface area contributed by atoms with Crippen LogP contribution < -0.4 is 9.47 Å². The number of aromatic nitrogens is 2.